The van der Waals surface area contributed by atoms with Crippen molar-refractivity contribution in [2.24, 2.45) is 0 Å². The summed E-state index contributed by atoms with van der Waals surface area (Å²) in [7, 11) is -5.23. The molecule has 206 valence electrons. The Kier molecular flexibility index (Phi) is 8.43. The molecular formula is C39H36OSi2. The Bertz CT molecular complexity index is 1340. The molecule has 0 amide bonds. The van der Waals surface area contributed by atoms with E-state index in [0.29, 0.717) is 12.1 Å². The van der Waals surface area contributed by atoms with Gasteiger partial charge in [0.05, 0.1) is 6.10 Å². The summed E-state index contributed by atoms with van der Waals surface area (Å²) >= 11 is 0. The zero-order valence-corrected chi connectivity index (χ0v) is 25.8. The molecule has 0 bridgehead atoms. The van der Waals surface area contributed by atoms with Crippen LogP contribution < -0.4 is 31.1 Å². The molecule has 0 saturated carbocycles. The van der Waals surface area contributed by atoms with Gasteiger partial charge in [-0.25, -0.2) is 0 Å². The molecular weight excluding hydrogens is 541 g/mol. The first-order valence-corrected chi connectivity index (χ1v) is 19.2. The molecule has 0 heterocycles. The largest absolute Gasteiger partial charge is 0.394 e. The fourth-order valence-corrected chi connectivity index (χ4v) is 16.8. The van der Waals surface area contributed by atoms with Gasteiger partial charge in [0.1, 0.15) is 0 Å². The lowest BCUT2D eigenvalue weighted by Gasteiger charge is -2.39. The van der Waals surface area contributed by atoms with Gasteiger partial charge in [-0.2, -0.15) is 0 Å². The molecule has 0 atom stereocenters. The Morgan fingerprint density at radius 1 is 0.310 bits per heavy atom. The summed E-state index contributed by atoms with van der Waals surface area (Å²) in [4.78, 5) is 0. The minimum atomic E-state index is -2.62. The van der Waals surface area contributed by atoms with Gasteiger partial charge in [0, 0.05) is 0 Å². The molecule has 0 aliphatic heterocycles. The van der Waals surface area contributed by atoms with E-state index >= 15 is 0 Å². The molecule has 6 rings (SSSR count). The van der Waals surface area contributed by atoms with E-state index < -0.39 is 22.3 Å². The third kappa shape index (κ3) is 5.35. The lowest BCUT2D eigenvalue weighted by Crippen LogP contribution is -2.71. The standard InChI is InChI=1S/C39H36OSi2/c40-33(31-41(34-19-7-1-8-20-34,35-21-9-2-10-22-35)36-23-11-3-12-24-36)32-42(37-25-13-4-14-26-37,38-27-15-5-16-28-38)39-29-17-6-18-30-39/h1-30,33,40H,31-32H2. The van der Waals surface area contributed by atoms with Gasteiger partial charge in [-0.1, -0.05) is 182 Å². The van der Waals surface area contributed by atoms with E-state index in [9.17, 15) is 5.11 Å². The first-order chi connectivity index (χ1) is 20.7. The van der Waals surface area contributed by atoms with Crippen molar-refractivity contribution < 1.29 is 5.11 Å². The maximum Gasteiger partial charge on any atom is 0.150 e. The molecule has 0 spiro atoms. The first kappa shape index (κ1) is 27.9. The van der Waals surface area contributed by atoms with Crippen LogP contribution in [0.4, 0.5) is 0 Å². The molecule has 0 unspecified atom stereocenters. The summed E-state index contributed by atoms with van der Waals surface area (Å²) in [5, 5.41) is 20.5. The number of hydrogen-bond acceptors (Lipinski definition) is 1. The molecule has 6 aromatic carbocycles. The Labute approximate surface area is 251 Å². The van der Waals surface area contributed by atoms with E-state index in [0.717, 1.165) is 0 Å². The average Bonchev–Trinajstić information content (AvgIpc) is 3.08. The van der Waals surface area contributed by atoms with Crippen LogP contribution in [0.1, 0.15) is 0 Å². The second-order valence-corrected chi connectivity index (χ2v) is 19.0. The molecule has 0 fully saturated rings. The molecule has 1 N–H and O–H groups in total. The summed E-state index contributed by atoms with van der Waals surface area (Å²) in [6, 6.07) is 67.0. The topological polar surface area (TPSA) is 20.2 Å². The van der Waals surface area contributed by atoms with Gasteiger partial charge in [0.15, 0.2) is 16.1 Å². The quantitative estimate of drug-likeness (QED) is 0.185. The van der Waals surface area contributed by atoms with Crippen LogP contribution >= 0.6 is 0 Å². The predicted molar refractivity (Wildman–Crippen MR) is 184 cm³/mol. The number of hydrogen-bond donors (Lipinski definition) is 1. The van der Waals surface area contributed by atoms with Gasteiger partial charge in [-0.15, -0.1) is 0 Å². The molecule has 42 heavy (non-hydrogen) atoms. The van der Waals surface area contributed by atoms with E-state index in [1.165, 1.54) is 31.1 Å². The number of benzene rings is 6. The minimum absolute atomic E-state index is 0.524. The molecule has 0 radical (unpaired) electrons. The summed E-state index contributed by atoms with van der Waals surface area (Å²) in [6.07, 6.45) is -0.524. The summed E-state index contributed by atoms with van der Waals surface area (Å²) in [5.41, 5.74) is 0. The predicted octanol–water partition coefficient (Wildman–Crippen LogP) is 4.69. The van der Waals surface area contributed by atoms with Gasteiger partial charge >= 0.3 is 0 Å². The van der Waals surface area contributed by atoms with Crippen molar-refractivity contribution in [1.82, 2.24) is 0 Å². The van der Waals surface area contributed by atoms with Gasteiger partial charge in [0.25, 0.3) is 0 Å². The van der Waals surface area contributed by atoms with E-state index in [4.69, 9.17) is 0 Å². The van der Waals surface area contributed by atoms with Crippen LogP contribution in [0.3, 0.4) is 0 Å². The van der Waals surface area contributed by atoms with Gasteiger partial charge < -0.3 is 5.11 Å². The normalized spacial score (nSPS) is 11.9. The minimum Gasteiger partial charge on any atom is -0.394 e. The monoisotopic (exact) mass is 576 g/mol. The van der Waals surface area contributed by atoms with E-state index in [1.54, 1.807) is 0 Å². The SMILES string of the molecule is OC(C[Si](c1ccccc1)(c1ccccc1)c1ccccc1)C[Si](c1ccccc1)(c1ccccc1)c1ccccc1. The van der Waals surface area contributed by atoms with E-state index in [2.05, 4.69) is 182 Å². The highest BCUT2D eigenvalue weighted by Gasteiger charge is 2.46. The smallest absolute Gasteiger partial charge is 0.150 e. The lowest BCUT2D eigenvalue weighted by atomic mass is 10.3. The Hall–Kier alpha value is -4.29. The zero-order valence-electron chi connectivity index (χ0n) is 23.8. The van der Waals surface area contributed by atoms with Crippen molar-refractivity contribution in [2.45, 2.75) is 18.2 Å². The van der Waals surface area contributed by atoms with Crippen LogP contribution in [0.5, 0.6) is 0 Å². The van der Waals surface area contributed by atoms with Crippen molar-refractivity contribution in [3.05, 3.63) is 182 Å². The van der Waals surface area contributed by atoms with Crippen LogP contribution in [0.15, 0.2) is 182 Å². The Balaban J connectivity index is 1.54. The fourth-order valence-electron chi connectivity index (χ4n) is 6.82. The van der Waals surface area contributed by atoms with E-state index in [1.807, 2.05) is 0 Å². The van der Waals surface area contributed by atoms with Crippen molar-refractivity contribution in [2.75, 3.05) is 0 Å². The summed E-state index contributed by atoms with van der Waals surface area (Å²) in [6.45, 7) is 0. The Morgan fingerprint density at radius 2 is 0.476 bits per heavy atom. The van der Waals surface area contributed by atoms with Gasteiger partial charge in [-0.05, 0) is 43.2 Å². The molecule has 0 aromatic heterocycles. The van der Waals surface area contributed by atoms with Crippen LogP contribution in [0.2, 0.25) is 12.1 Å². The molecule has 0 aliphatic rings. The van der Waals surface area contributed by atoms with Crippen LogP contribution in [0, 0.1) is 0 Å². The Morgan fingerprint density at radius 3 is 0.643 bits per heavy atom. The highest BCUT2D eigenvalue weighted by Crippen LogP contribution is 2.23. The van der Waals surface area contributed by atoms with Crippen molar-refractivity contribution in [3.8, 4) is 0 Å². The second kappa shape index (κ2) is 12.7. The van der Waals surface area contributed by atoms with Crippen LogP contribution in [0.25, 0.3) is 0 Å². The highest BCUT2D eigenvalue weighted by molar-refractivity contribution is 7.13. The molecule has 0 aliphatic carbocycles. The molecule has 3 heteroatoms. The van der Waals surface area contributed by atoms with Gasteiger partial charge in [-0.3, -0.25) is 0 Å². The third-order valence-corrected chi connectivity index (χ3v) is 18.8. The van der Waals surface area contributed by atoms with Crippen LogP contribution in [-0.4, -0.2) is 27.4 Å². The van der Waals surface area contributed by atoms with E-state index in [-0.39, 0.29) is 0 Å². The molecule has 0 saturated heterocycles. The number of aliphatic hydroxyl groups is 1. The average molecular weight is 577 g/mol. The van der Waals surface area contributed by atoms with Gasteiger partial charge in [0.2, 0.25) is 0 Å². The summed E-state index contributed by atoms with van der Waals surface area (Å²) in [5.74, 6) is 0. The summed E-state index contributed by atoms with van der Waals surface area (Å²) < 4.78 is 0. The fraction of sp³-hybridized carbons (Fsp3) is 0.0769. The zero-order chi connectivity index (χ0) is 28.7. The highest BCUT2D eigenvalue weighted by atomic mass is 28.3. The maximum absolute atomic E-state index is 12.6. The third-order valence-electron chi connectivity index (χ3n) is 8.68. The van der Waals surface area contributed by atoms with Crippen molar-refractivity contribution >= 4 is 47.3 Å². The first-order valence-electron chi connectivity index (χ1n) is 14.7. The second-order valence-electron chi connectivity index (χ2n) is 11.1. The van der Waals surface area contributed by atoms with Crippen molar-refractivity contribution in [1.29, 1.82) is 0 Å². The number of aliphatic hydroxyl groups excluding tert-OH is 1. The maximum atomic E-state index is 12.6. The number of rotatable bonds is 10. The molecule has 1 nitrogen and oxygen atoms in total. The van der Waals surface area contributed by atoms with Crippen molar-refractivity contribution in [3.63, 3.8) is 0 Å². The lowest BCUT2D eigenvalue weighted by molar-refractivity contribution is 0.213. The molecule has 6 aromatic rings. The van der Waals surface area contributed by atoms with Crippen LogP contribution in [-0.2, 0) is 0 Å².